The van der Waals surface area contributed by atoms with Crippen LogP contribution in [0.25, 0.3) is 11.5 Å². The number of unbranched alkanes of at least 4 members (excludes halogenated alkanes) is 2. The Morgan fingerprint density at radius 1 is 1.09 bits per heavy atom. The van der Waals surface area contributed by atoms with Gasteiger partial charge in [-0.2, -0.15) is 4.98 Å². The Labute approximate surface area is 192 Å². The molecule has 0 aliphatic heterocycles. The fourth-order valence-corrected chi connectivity index (χ4v) is 3.37. The molecule has 0 aliphatic carbocycles. The molecule has 0 radical (unpaired) electrons. The monoisotopic (exact) mass is 452 g/mol. The zero-order chi connectivity index (χ0) is 23.6. The highest BCUT2D eigenvalue weighted by molar-refractivity contribution is 5.93. The van der Waals surface area contributed by atoms with Gasteiger partial charge >= 0.3 is 0 Å². The summed E-state index contributed by atoms with van der Waals surface area (Å²) < 4.78 is 10.6. The number of hydrogen-bond acceptors (Lipinski definition) is 7. The number of hydrogen-bond donors (Lipinski definition) is 2. The molecule has 0 saturated carbocycles. The highest BCUT2D eigenvalue weighted by Gasteiger charge is 2.20. The van der Waals surface area contributed by atoms with Crippen LogP contribution in [-0.4, -0.2) is 34.3 Å². The van der Waals surface area contributed by atoms with Crippen LogP contribution in [0.2, 0.25) is 0 Å². The van der Waals surface area contributed by atoms with Crippen LogP contribution in [0.3, 0.4) is 0 Å². The molecule has 33 heavy (non-hydrogen) atoms. The summed E-state index contributed by atoms with van der Waals surface area (Å²) in [5.74, 6) is 0.972. The van der Waals surface area contributed by atoms with Crippen LogP contribution in [0.1, 0.15) is 43.5 Å². The maximum Gasteiger partial charge on any atom is 0.257 e. The van der Waals surface area contributed by atoms with Gasteiger partial charge in [-0.1, -0.05) is 29.3 Å². The lowest BCUT2D eigenvalue weighted by Crippen LogP contribution is -2.30. The summed E-state index contributed by atoms with van der Waals surface area (Å²) in [5.41, 5.74) is 4.21. The van der Waals surface area contributed by atoms with Crippen LogP contribution >= 0.6 is 0 Å². The van der Waals surface area contributed by atoms with Gasteiger partial charge in [-0.3, -0.25) is 14.8 Å². The van der Waals surface area contributed by atoms with Crippen LogP contribution in [0, 0.1) is 6.92 Å². The third-order valence-corrected chi connectivity index (χ3v) is 5.14. The van der Waals surface area contributed by atoms with Gasteiger partial charge in [-0.15, -0.1) is 0 Å². The summed E-state index contributed by atoms with van der Waals surface area (Å²) in [5, 5.41) is 12.6. The highest BCUT2D eigenvalue weighted by atomic mass is 16.5. The van der Waals surface area contributed by atoms with E-state index >= 15 is 0 Å². The van der Waals surface area contributed by atoms with Gasteiger partial charge in [-0.05, 0) is 56.2 Å². The predicted molar refractivity (Wildman–Crippen MR) is 122 cm³/mol. The van der Waals surface area contributed by atoms with Crippen molar-refractivity contribution in [2.24, 2.45) is 0 Å². The van der Waals surface area contributed by atoms with E-state index in [2.05, 4.69) is 10.1 Å². The summed E-state index contributed by atoms with van der Waals surface area (Å²) >= 11 is 0. The van der Waals surface area contributed by atoms with E-state index in [1.807, 2.05) is 43.3 Å². The lowest BCUT2D eigenvalue weighted by Gasteiger charge is -2.21. The number of methoxy groups -OCH3 is 1. The summed E-state index contributed by atoms with van der Waals surface area (Å²) in [4.78, 5) is 30.3. The molecular formula is C24H28N4O5. The van der Waals surface area contributed by atoms with Crippen LogP contribution in [0.4, 0.5) is 5.69 Å². The lowest BCUT2D eigenvalue weighted by molar-refractivity contribution is -0.129. The molecule has 0 unspecified atom stereocenters. The minimum Gasteiger partial charge on any atom is -0.497 e. The number of ether oxygens (including phenoxy) is 1. The third kappa shape index (κ3) is 6.88. The van der Waals surface area contributed by atoms with Crippen molar-refractivity contribution in [2.45, 2.75) is 45.6 Å². The van der Waals surface area contributed by atoms with Gasteiger partial charge in [0.05, 0.1) is 13.7 Å². The normalized spacial score (nSPS) is 10.6. The van der Waals surface area contributed by atoms with E-state index in [-0.39, 0.29) is 18.9 Å². The first kappa shape index (κ1) is 23.9. The van der Waals surface area contributed by atoms with E-state index < -0.39 is 5.91 Å². The summed E-state index contributed by atoms with van der Waals surface area (Å²) in [7, 11) is 1.58. The van der Waals surface area contributed by atoms with Crippen molar-refractivity contribution in [2.75, 3.05) is 12.0 Å². The molecule has 3 aromatic rings. The minimum atomic E-state index is -0.428. The second kappa shape index (κ2) is 11.8. The zero-order valence-electron chi connectivity index (χ0n) is 18.8. The van der Waals surface area contributed by atoms with Crippen molar-refractivity contribution in [3.63, 3.8) is 0 Å². The number of hydroxylamine groups is 1. The summed E-state index contributed by atoms with van der Waals surface area (Å²) in [6.07, 6.45) is 2.42. The number of nitrogens with one attached hydrogen (secondary N) is 1. The van der Waals surface area contributed by atoms with Crippen LogP contribution in [0.15, 0.2) is 53.1 Å². The maximum absolute atomic E-state index is 13.1. The molecule has 0 spiro atoms. The molecule has 0 saturated heterocycles. The highest BCUT2D eigenvalue weighted by Crippen LogP contribution is 2.24. The number of nitrogens with zero attached hydrogens (tertiary/aromatic N) is 3. The quantitative estimate of drug-likeness (QED) is 0.256. The van der Waals surface area contributed by atoms with Crippen molar-refractivity contribution in [1.82, 2.24) is 15.6 Å². The second-order valence-electron chi connectivity index (χ2n) is 7.66. The molecule has 2 amide bonds. The Balaban J connectivity index is 1.70. The molecule has 3 rings (SSSR count). The van der Waals surface area contributed by atoms with Crippen molar-refractivity contribution in [3.8, 4) is 17.2 Å². The van der Waals surface area contributed by atoms with E-state index in [0.29, 0.717) is 48.8 Å². The molecule has 174 valence electrons. The Morgan fingerprint density at radius 3 is 2.55 bits per heavy atom. The van der Waals surface area contributed by atoms with Gasteiger partial charge in [0.15, 0.2) is 5.82 Å². The molecule has 0 fully saturated rings. The first-order chi connectivity index (χ1) is 16.0. The third-order valence-electron chi connectivity index (χ3n) is 5.14. The van der Waals surface area contributed by atoms with Gasteiger partial charge in [0, 0.05) is 24.1 Å². The Hall–Kier alpha value is -3.72. The molecular weight excluding hydrogens is 424 g/mol. The van der Waals surface area contributed by atoms with Crippen molar-refractivity contribution in [1.29, 1.82) is 0 Å². The number of anilines is 1. The van der Waals surface area contributed by atoms with Crippen molar-refractivity contribution < 1.29 is 24.1 Å². The van der Waals surface area contributed by atoms with E-state index in [0.717, 1.165) is 11.1 Å². The number of carbonyl (C=O) groups is 2. The molecule has 2 N–H and O–H groups in total. The average molecular weight is 453 g/mol. The van der Waals surface area contributed by atoms with Gasteiger partial charge in [0.1, 0.15) is 5.75 Å². The number of aromatic nitrogens is 2. The van der Waals surface area contributed by atoms with Crippen molar-refractivity contribution in [3.05, 3.63) is 59.9 Å². The molecule has 0 atom stereocenters. The first-order valence-corrected chi connectivity index (χ1v) is 10.8. The molecule has 1 aromatic heterocycles. The predicted octanol–water partition coefficient (Wildman–Crippen LogP) is 4.04. The number of benzene rings is 2. The standard InChI is InChI=1S/C24H28N4O5/c1-17-7-6-8-18(15-17)24-25-21(27-33-24)16-28(19-11-13-20(32-2)14-12-19)23(30)10-5-3-4-9-22(29)26-31/h6-8,11-15,31H,3-5,9-10,16H2,1-2H3,(H,26,29). The molecule has 1 heterocycles. The Kier molecular flexibility index (Phi) is 8.54. The van der Waals surface area contributed by atoms with Crippen molar-refractivity contribution >= 4 is 17.5 Å². The molecule has 9 heteroatoms. The number of aryl methyl sites for hydroxylation is 1. The number of carbonyl (C=O) groups excluding carboxylic acids is 2. The van der Waals surface area contributed by atoms with Gasteiger partial charge < -0.3 is 14.2 Å². The van der Waals surface area contributed by atoms with Gasteiger partial charge in [-0.25, -0.2) is 5.48 Å². The largest absolute Gasteiger partial charge is 0.497 e. The zero-order valence-corrected chi connectivity index (χ0v) is 18.8. The first-order valence-electron chi connectivity index (χ1n) is 10.8. The van der Waals surface area contributed by atoms with Crippen LogP contribution < -0.4 is 15.1 Å². The van der Waals surface area contributed by atoms with E-state index in [4.69, 9.17) is 14.5 Å². The SMILES string of the molecule is COc1ccc(N(Cc2noc(-c3cccc(C)c3)n2)C(=O)CCCCCC(=O)NO)cc1. The molecule has 0 bridgehead atoms. The summed E-state index contributed by atoms with van der Waals surface area (Å²) in [6.45, 7) is 2.15. The second-order valence-corrected chi connectivity index (χ2v) is 7.66. The molecule has 9 nitrogen and oxygen atoms in total. The average Bonchev–Trinajstić information content (AvgIpc) is 3.31. The Bertz CT molecular complexity index is 1060. The summed E-state index contributed by atoms with van der Waals surface area (Å²) in [6, 6.07) is 15.0. The van der Waals surface area contributed by atoms with E-state index in [1.54, 1.807) is 29.6 Å². The molecule has 0 aliphatic rings. The van der Waals surface area contributed by atoms with Gasteiger partial charge in [0.2, 0.25) is 11.8 Å². The number of rotatable bonds is 11. The number of amides is 2. The van der Waals surface area contributed by atoms with Gasteiger partial charge in [0.25, 0.3) is 5.89 Å². The van der Waals surface area contributed by atoms with Crippen LogP contribution in [-0.2, 0) is 16.1 Å². The maximum atomic E-state index is 13.1. The minimum absolute atomic E-state index is 0.0892. The van der Waals surface area contributed by atoms with Crippen LogP contribution in [0.5, 0.6) is 5.75 Å². The topological polar surface area (TPSA) is 118 Å². The van der Waals surface area contributed by atoms with E-state index in [1.165, 1.54) is 0 Å². The fourth-order valence-electron chi connectivity index (χ4n) is 3.37. The smallest absolute Gasteiger partial charge is 0.257 e. The van der Waals surface area contributed by atoms with E-state index in [9.17, 15) is 9.59 Å². The Morgan fingerprint density at radius 2 is 1.85 bits per heavy atom. The lowest BCUT2D eigenvalue weighted by atomic mass is 10.1. The molecule has 2 aromatic carbocycles. The fraction of sp³-hybridized carbons (Fsp3) is 0.333.